The van der Waals surface area contributed by atoms with Gasteiger partial charge in [0, 0.05) is 11.3 Å². The Balaban J connectivity index is 2.17. The first kappa shape index (κ1) is 15.0. The van der Waals surface area contributed by atoms with E-state index in [2.05, 4.69) is 0 Å². The molecule has 23 heavy (non-hydrogen) atoms. The van der Waals surface area contributed by atoms with Crippen LogP contribution in [0.25, 0.3) is 10.9 Å². The summed E-state index contributed by atoms with van der Waals surface area (Å²) >= 11 is 0. The molecule has 1 heterocycles. The average molecular weight is 306 g/mol. The van der Waals surface area contributed by atoms with Crippen molar-refractivity contribution < 1.29 is 4.79 Å². The Labute approximate surface area is 134 Å². The Morgan fingerprint density at radius 3 is 2.52 bits per heavy atom. The lowest BCUT2D eigenvalue weighted by atomic mass is 10.0. The van der Waals surface area contributed by atoms with Crippen molar-refractivity contribution in [1.29, 1.82) is 0 Å². The van der Waals surface area contributed by atoms with E-state index in [9.17, 15) is 9.59 Å². The third-order valence-corrected chi connectivity index (χ3v) is 4.06. The van der Waals surface area contributed by atoms with E-state index < -0.39 is 0 Å². The number of rotatable bonds is 2. The van der Waals surface area contributed by atoms with Gasteiger partial charge in [-0.2, -0.15) is 0 Å². The summed E-state index contributed by atoms with van der Waals surface area (Å²) in [7, 11) is 0. The fourth-order valence-corrected chi connectivity index (χ4v) is 2.76. The molecular formula is C19H18N2O2. The number of nitrogens with two attached hydrogens (primary N) is 1. The number of nitrogen functional groups attached to an aromatic ring is 1. The highest BCUT2D eigenvalue weighted by Gasteiger charge is 2.15. The number of carbonyl (C=O) groups is 1. The van der Waals surface area contributed by atoms with Crippen molar-refractivity contribution >= 4 is 22.5 Å². The molecule has 4 nitrogen and oxygen atoms in total. The van der Waals surface area contributed by atoms with Crippen LogP contribution >= 0.6 is 0 Å². The molecule has 0 atom stereocenters. The van der Waals surface area contributed by atoms with Crippen molar-refractivity contribution in [2.24, 2.45) is 0 Å². The molecule has 2 N–H and O–H groups in total. The summed E-state index contributed by atoms with van der Waals surface area (Å²) in [5.74, 6) is -0.247. The van der Waals surface area contributed by atoms with E-state index in [1.807, 2.05) is 37.3 Å². The number of anilines is 1. The summed E-state index contributed by atoms with van der Waals surface area (Å²) in [5, 5.41) is 0.828. The number of benzene rings is 2. The van der Waals surface area contributed by atoms with Gasteiger partial charge in [0.1, 0.15) is 0 Å². The van der Waals surface area contributed by atoms with Crippen LogP contribution in [-0.2, 0) is 6.42 Å². The van der Waals surface area contributed by atoms with Gasteiger partial charge < -0.3 is 5.73 Å². The van der Waals surface area contributed by atoms with Crippen molar-refractivity contribution in [3.05, 3.63) is 75.6 Å². The molecular weight excluding hydrogens is 288 g/mol. The summed E-state index contributed by atoms with van der Waals surface area (Å²) in [5.41, 5.74) is 9.12. The zero-order valence-electron chi connectivity index (χ0n) is 13.2. The number of pyridine rings is 1. The van der Waals surface area contributed by atoms with Crippen LogP contribution in [0.15, 0.2) is 53.3 Å². The van der Waals surface area contributed by atoms with E-state index in [-0.39, 0.29) is 17.9 Å². The first-order valence-corrected chi connectivity index (χ1v) is 7.47. The van der Waals surface area contributed by atoms with Crippen LogP contribution in [0.1, 0.15) is 21.5 Å². The molecule has 0 saturated carbocycles. The van der Waals surface area contributed by atoms with Gasteiger partial charge in [-0.05, 0) is 48.6 Å². The molecule has 3 rings (SSSR count). The highest BCUT2D eigenvalue weighted by molar-refractivity contribution is 5.93. The number of hydrogen-bond acceptors (Lipinski definition) is 3. The minimum absolute atomic E-state index is 0.180. The van der Waals surface area contributed by atoms with Gasteiger partial charge in [0.15, 0.2) is 0 Å². The standard InChI is InChI=1S/C19H18N2O2/c1-12-5-3-4-6-14(12)10-18(22)21-17-11-16(20)8-7-15(17)9-13(2)19(21)23/h3-9,11H,10,20H2,1-2H3. The molecule has 0 amide bonds. The predicted molar refractivity (Wildman–Crippen MR) is 92.9 cm³/mol. The predicted octanol–water partition coefficient (Wildman–Crippen LogP) is 3.08. The fraction of sp³-hybridized carbons (Fsp3) is 0.158. The molecule has 1 aromatic heterocycles. The van der Waals surface area contributed by atoms with Crippen molar-refractivity contribution in [2.75, 3.05) is 5.73 Å². The number of carbonyl (C=O) groups excluding carboxylic acids is 1. The summed E-state index contributed by atoms with van der Waals surface area (Å²) in [4.78, 5) is 25.3. The summed E-state index contributed by atoms with van der Waals surface area (Å²) < 4.78 is 1.24. The molecule has 0 aliphatic rings. The first-order chi connectivity index (χ1) is 11.0. The summed E-state index contributed by atoms with van der Waals surface area (Å²) in [6.45, 7) is 3.67. The van der Waals surface area contributed by atoms with E-state index in [0.29, 0.717) is 16.8 Å². The van der Waals surface area contributed by atoms with Gasteiger partial charge in [-0.3, -0.25) is 9.59 Å². The Bertz CT molecular complexity index is 971. The normalized spacial score (nSPS) is 10.9. The second-order valence-corrected chi connectivity index (χ2v) is 5.78. The van der Waals surface area contributed by atoms with Gasteiger partial charge in [-0.15, -0.1) is 0 Å². The Hall–Kier alpha value is -2.88. The van der Waals surface area contributed by atoms with Gasteiger partial charge in [-0.25, -0.2) is 4.57 Å². The molecule has 0 unspecified atom stereocenters. The van der Waals surface area contributed by atoms with E-state index in [0.717, 1.165) is 16.5 Å². The summed E-state index contributed by atoms with van der Waals surface area (Å²) in [6.07, 6.45) is 0.180. The Morgan fingerprint density at radius 2 is 1.78 bits per heavy atom. The number of aryl methyl sites for hydroxylation is 2. The van der Waals surface area contributed by atoms with Gasteiger partial charge in [0.2, 0.25) is 5.91 Å². The molecule has 0 bridgehead atoms. The maximum Gasteiger partial charge on any atom is 0.260 e. The van der Waals surface area contributed by atoms with Gasteiger partial charge in [0.05, 0.1) is 11.9 Å². The minimum Gasteiger partial charge on any atom is -0.399 e. The van der Waals surface area contributed by atoms with Crippen LogP contribution in [0.4, 0.5) is 5.69 Å². The lowest BCUT2D eigenvalue weighted by Crippen LogP contribution is -2.30. The van der Waals surface area contributed by atoms with Crippen molar-refractivity contribution in [1.82, 2.24) is 4.57 Å². The van der Waals surface area contributed by atoms with Crippen LogP contribution in [0.2, 0.25) is 0 Å². The lowest BCUT2D eigenvalue weighted by Gasteiger charge is -2.12. The monoisotopic (exact) mass is 306 g/mol. The van der Waals surface area contributed by atoms with Crippen LogP contribution in [0, 0.1) is 13.8 Å². The molecule has 2 aromatic carbocycles. The number of hydrogen-bond donors (Lipinski definition) is 1. The molecule has 0 radical (unpaired) electrons. The third-order valence-electron chi connectivity index (χ3n) is 4.06. The molecule has 3 aromatic rings. The van der Waals surface area contributed by atoms with E-state index in [4.69, 9.17) is 5.73 Å². The van der Waals surface area contributed by atoms with Gasteiger partial charge in [-0.1, -0.05) is 30.3 Å². The molecule has 0 saturated heterocycles. The van der Waals surface area contributed by atoms with E-state index in [1.54, 1.807) is 25.1 Å². The molecule has 116 valence electrons. The number of nitrogens with zero attached hydrogens (tertiary/aromatic N) is 1. The van der Waals surface area contributed by atoms with Crippen LogP contribution < -0.4 is 11.3 Å². The molecule has 4 heteroatoms. The lowest BCUT2D eigenvalue weighted by molar-refractivity contribution is 0.0915. The number of aromatic nitrogens is 1. The topological polar surface area (TPSA) is 65.1 Å². The highest BCUT2D eigenvalue weighted by Crippen LogP contribution is 2.18. The smallest absolute Gasteiger partial charge is 0.260 e. The Morgan fingerprint density at radius 1 is 1.04 bits per heavy atom. The van der Waals surface area contributed by atoms with Crippen LogP contribution in [-0.4, -0.2) is 10.5 Å². The fourth-order valence-electron chi connectivity index (χ4n) is 2.76. The number of fused-ring (bicyclic) bond motifs is 1. The van der Waals surface area contributed by atoms with Gasteiger partial charge in [0.25, 0.3) is 5.56 Å². The molecule has 0 aliphatic heterocycles. The van der Waals surface area contributed by atoms with Crippen molar-refractivity contribution in [3.63, 3.8) is 0 Å². The zero-order valence-corrected chi connectivity index (χ0v) is 13.2. The van der Waals surface area contributed by atoms with Crippen LogP contribution in [0.3, 0.4) is 0 Å². The maximum atomic E-state index is 12.8. The maximum absolute atomic E-state index is 12.8. The third kappa shape index (κ3) is 2.75. The highest BCUT2D eigenvalue weighted by atomic mass is 16.2. The van der Waals surface area contributed by atoms with Crippen LogP contribution in [0.5, 0.6) is 0 Å². The Kier molecular flexibility index (Phi) is 3.74. The zero-order chi connectivity index (χ0) is 16.6. The SMILES string of the molecule is Cc1ccccc1CC(=O)n1c(=O)c(C)cc2ccc(N)cc21. The minimum atomic E-state index is -0.290. The van der Waals surface area contributed by atoms with Gasteiger partial charge >= 0.3 is 0 Å². The van der Waals surface area contributed by atoms with Crippen molar-refractivity contribution in [3.8, 4) is 0 Å². The van der Waals surface area contributed by atoms with E-state index >= 15 is 0 Å². The molecule has 0 fully saturated rings. The largest absolute Gasteiger partial charge is 0.399 e. The average Bonchev–Trinajstić information content (AvgIpc) is 2.51. The van der Waals surface area contributed by atoms with Crippen molar-refractivity contribution in [2.45, 2.75) is 20.3 Å². The molecule has 0 aliphatic carbocycles. The summed E-state index contributed by atoms with van der Waals surface area (Å²) in [6, 6.07) is 14.7. The second kappa shape index (κ2) is 5.72. The first-order valence-electron chi connectivity index (χ1n) is 7.47. The quantitative estimate of drug-likeness (QED) is 0.740. The second-order valence-electron chi connectivity index (χ2n) is 5.78. The molecule has 0 spiro atoms. The van der Waals surface area contributed by atoms with E-state index in [1.165, 1.54) is 4.57 Å².